The quantitative estimate of drug-likeness (QED) is 0.660. The molecular formula is C13H14N4O3. The summed E-state index contributed by atoms with van der Waals surface area (Å²) in [5.41, 5.74) is 2.08. The molecule has 7 heteroatoms. The third-order valence-corrected chi connectivity index (χ3v) is 2.56. The number of amides is 2. The first-order valence-electron chi connectivity index (χ1n) is 5.96. The maximum absolute atomic E-state index is 11.6. The SMILES string of the molecule is O=C(O)Cc1ccc(NC(=O)NCc2cnc[nH]2)cc1. The van der Waals surface area contributed by atoms with Crippen molar-refractivity contribution in [3.8, 4) is 0 Å². The molecule has 0 radical (unpaired) electrons. The van der Waals surface area contributed by atoms with Crippen LogP contribution in [-0.2, 0) is 17.8 Å². The van der Waals surface area contributed by atoms with E-state index in [9.17, 15) is 9.59 Å². The van der Waals surface area contributed by atoms with Crippen LogP contribution in [0.15, 0.2) is 36.8 Å². The van der Waals surface area contributed by atoms with Gasteiger partial charge in [-0.15, -0.1) is 0 Å². The monoisotopic (exact) mass is 274 g/mol. The topological polar surface area (TPSA) is 107 Å². The summed E-state index contributed by atoms with van der Waals surface area (Å²) in [4.78, 5) is 28.9. The van der Waals surface area contributed by atoms with Gasteiger partial charge < -0.3 is 20.7 Å². The van der Waals surface area contributed by atoms with E-state index in [0.717, 1.165) is 5.69 Å². The van der Waals surface area contributed by atoms with Gasteiger partial charge in [0.2, 0.25) is 0 Å². The fourth-order valence-electron chi connectivity index (χ4n) is 1.61. The minimum atomic E-state index is -0.886. The van der Waals surface area contributed by atoms with Crippen molar-refractivity contribution < 1.29 is 14.7 Å². The summed E-state index contributed by atoms with van der Waals surface area (Å²) in [6.45, 7) is 0.350. The van der Waals surface area contributed by atoms with Crippen LogP contribution in [0.4, 0.5) is 10.5 Å². The molecule has 4 N–H and O–H groups in total. The van der Waals surface area contributed by atoms with Crippen LogP contribution >= 0.6 is 0 Å². The van der Waals surface area contributed by atoms with E-state index in [4.69, 9.17) is 5.11 Å². The Morgan fingerprint density at radius 3 is 2.60 bits per heavy atom. The van der Waals surface area contributed by atoms with Gasteiger partial charge in [-0.25, -0.2) is 9.78 Å². The second-order valence-electron chi connectivity index (χ2n) is 4.15. The van der Waals surface area contributed by atoms with E-state index < -0.39 is 5.97 Å². The fourth-order valence-corrected chi connectivity index (χ4v) is 1.61. The number of imidazole rings is 1. The molecule has 0 unspecified atom stereocenters. The highest BCUT2D eigenvalue weighted by atomic mass is 16.4. The molecule has 0 aliphatic heterocycles. The number of rotatable bonds is 5. The van der Waals surface area contributed by atoms with Crippen LogP contribution in [0.1, 0.15) is 11.3 Å². The van der Waals surface area contributed by atoms with E-state index in [2.05, 4.69) is 20.6 Å². The zero-order valence-electron chi connectivity index (χ0n) is 10.6. The molecule has 1 aromatic heterocycles. The van der Waals surface area contributed by atoms with Gasteiger partial charge >= 0.3 is 12.0 Å². The summed E-state index contributed by atoms with van der Waals surface area (Å²) in [5.74, 6) is -0.886. The largest absolute Gasteiger partial charge is 0.481 e. The number of anilines is 1. The number of urea groups is 1. The summed E-state index contributed by atoms with van der Waals surface area (Å²) in [6.07, 6.45) is 3.13. The Balaban J connectivity index is 1.83. The number of hydrogen-bond acceptors (Lipinski definition) is 3. The standard InChI is InChI=1S/C13H14N4O3/c18-12(19)5-9-1-3-10(4-2-9)17-13(20)15-7-11-6-14-8-16-11/h1-4,6,8H,5,7H2,(H,14,16)(H,18,19)(H2,15,17,20). The molecule has 1 aromatic carbocycles. The van der Waals surface area contributed by atoms with Gasteiger partial charge in [-0.2, -0.15) is 0 Å². The summed E-state index contributed by atoms with van der Waals surface area (Å²) in [5, 5.41) is 14.0. The van der Waals surface area contributed by atoms with E-state index in [-0.39, 0.29) is 12.5 Å². The van der Waals surface area contributed by atoms with Crippen LogP contribution < -0.4 is 10.6 Å². The van der Waals surface area contributed by atoms with Crippen molar-refractivity contribution >= 4 is 17.7 Å². The lowest BCUT2D eigenvalue weighted by molar-refractivity contribution is -0.136. The molecule has 0 aliphatic rings. The first-order chi connectivity index (χ1) is 9.63. The Kier molecular flexibility index (Phi) is 4.33. The van der Waals surface area contributed by atoms with Gasteiger partial charge in [0.05, 0.1) is 25.0 Å². The summed E-state index contributed by atoms with van der Waals surface area (Å²) in [6, 6.07) is 6.31. The molecule has 0 atom stereocenters. The number of aromatic amines is 1. The highest BCUT2D eigenvalue weighted by molar-refractivity contribution is 5.89. The number of benzene rings is 1. The second-order valence-corrected chi connectivity index (χ2v) is 4.15. The third kappa shape index (κ3) is 4.13. The van der Waals surface area contributed by atoms with Crippen LogP contribution in [0.5, 0.6) is 0 Å². The molecule has 0 aliphatic carbocycles. The number of hydrogen-bond donors (Lipinski definition) is 4. The van der Waals surface area contributed by atoms with E-state index >= 15 is 0 Å². The fraction of sp³-hybridized carbons (Fsp3) is 0.154. The number of nitrogens with one attached hydrogen (secondary N) is 3. The van der Waals surface area contributed by atoms with E-state index in [1.807, 2.05) is 0 Å². The van der Waals surface area contributed by atoms with Crippen molar-refractivity contribution in [3.05, 3.63) is 48.0 Å². The van der Waals surface area contributed by atoms with Crippen molar-refractivity contribution in [1.82, 2.24) is 15.3 Å². The molecule has 7 nitrogen and oxygen atoms in total. The molecule has 2 aromatic rings. The van der Waals surface area contributed by atoms with Crippen LogP contribution in [-0.4, -0.2) is 27.1 Å². The molecule has 0 bridgehead atoms. The molecular weight excluding hydrogens is 260 g/mol. The van der Waals surface area contributed by atoms with Gasteiger partial charge in [-0.05, 0) is 17.7 Å². The Hall–Kier alpha value is -2.83. The third-order valence-electron chi connectivity index (χ3n) is 2.56. The maximum atomic E-state index is 11.6. The number of aliphatic carboxylic acids is 1. The van der Waals surface area contributed by atoms with Crippen LogP contribution in [0.3, 0.4) is 0 Å². The molecule has 0 saturated heterocycles. The van der Waals surface area contributed by atoms with Gasteiger partial charge in [0, 0.05) is 11.9 Å². The van der Waals surface area contributed by atoms with Gasteiger partial charge in [0.25, 0.3) is 0 Å². The Morgan fingerprint density at radius 1 is 1.25 bits per heavy atom. The van der Waals surface area contributed by atoms with Crippen LogP contribution in [0.2, 0.25) is 0 Å². The summed E-state index contributed by atoms with van der Waals surface area (Å²) in [7, 11) is 0. The average Bonchev–Trinajstić information content (AvgIpc) is 2.91. The predicted molar refractivity (Wildman–Crippen MR) is 72.2 cm³/mol. The lowest BCUT2D eigenvalue weighted by Gasteiger charge is -2.07. The van der Waals surface area contributed by atoms with Gasteiger partial charge in [0.1, 0.15) is 0 Å². The molecule has 2 amide bonds. The number of carbonyl (C=O) groups is 2. The lowest BCUT2D eigenvalue weighted by Crippen LogP contribution is -2.28. The smallest absolute Gasteiger partial charge is 0.319 e. The first-order valence-corrected chi connectivity index (χ1v) is 5.96. The number of carboxylic acids is 1. The van der Waals surface area contributed by atoms with Crippen molar-refractivity contribution in [2.75, 3.05) is 5.32 Å². The Labute approximate surface area is 115 Å². The Bertz CT molecular complexity index is 578. The second kappa shape index (κ2) is 6.37. The maximum Gasteiger partial charge on any atom is 0.319 e. The zero-order chi connectivity index (χ0) is 14.4. The van der Waals surface area contributed by atoms with Crippen LogP contribution in [0, 0.1) is 0 Å². The Morgan fingerprint density at radius 2 is 2.00 bits per heavy atom. The summed E-state index contributed by atoms with van der Waals surface area (Å²) >= 11 is 0. The minimum absolute atomic E-state index is 0.0354. The predicted octanol–water partition coefficient (Wildman–Crippen LogP) is 1.36. The first kappa shape index (κ1) is 13.6. The van der Waals surface area contributed by atoms with Crippen molar-refractivity contribution in [2.24, 2.45) is 0 Å². The molecule has 104 valence electrons. The minimum Gasteiger partial charge on any atom is -0.481 e. The normalized spacial score (nSPS) is 10.0. The van der Waals surface area contributed by atoms with Gasteiger partial charge in [-0.1, -0.05) is 12.1 Å². The van der Waals surface area contributed by atoms with Crippen LogP contribution in [0.25, 0.3) is 0 Å². The zero-order valence-corrected chi connectivity index (χ0v) is 10.6. The van der Waals surface area contributed by atoms with E-state index in [1.165, 1.54) is 6.33 Å². The van der Waals surface area contributed by atoms with E-state index in [1.54, 1.807) is 30.5 Å². The summed E-state index contributed by atoms with van der Waals surface area (Å²) < 4.78 is 0. The molecule has 0 spiro atoms. The van der Waals surface area contributed by atoms with Gasteiger partial charge in [-0.3, -0.25) is 4.79 Å². The number of H-pyrrole nitrogens is 1. The molecule has 2 rings (SSSR count). The number of aromatic nitrogens is 2. The molecule has 20 heavy (non-hydrogen) atoms. The highest BCUT2D eigenvalue weighted by Gasteiger charge is 2.04. The molecule has 0 saturated carbocycles. The number of carboxylic acid groups (broad SMARTS) is 1. The molecule has 0 fully saturated rings. The van der Waals surface area contributed by atoms with Gasteiger partial charge in [0.15, 0.2) is 0 Å². The van der Waals surface area contributed by atoms with Crippen molar-refractivity contribution in [1.29, 1.82) is 0 Å². The van der Waals surface area contributed by atoms with Crippen molar-refractivity contribution in [3.63, 3.8) is 0 Å². The molecule has 1 heterocycles. The number of nitrogens with zero attached hydrogens (tertiary/aromatic N) is 1. The van der Waals surface area contributed by atoms with E-state index in [0.29, 0.717) is 17.8 Å². The average molecular weight is 274 g/mol. The highest BCUT2D eigenvalue weighted by Crippen LogP contribution is 2.10. The lowest BCUT2D eigenvalue weighted by atomic mass is 10.1. The van der Waals surface area contributed by atoms with Crippen molar-refractivity contribution in [2.45, 2.75) is 13.0 Å². The number of carbonyl (C=O) groups excluding carboxylic acids is 1.